The van der Waals surface area contributed by atoms with Crippen molar-refractivity contribution in [2.45, 2.75) is 33.2 Å². The molecule has 1 amide bonds. The molecule has 0 radical (unpaired) electrons. The van der Waals surface area contributed by atoms with Gasteiger partial charge < -0.3 is 10.1 Å². The maximum absolute atomic E-state index is 12.2. The van der Waals surface area contributed by atoms with Gasteiger partial charge in [0.25, 0.3) is 5.91 Å². The lowest BCUT2D eigenvalue weighted by atomic mass is 10.2. The molecule has 27 heavy (non-hydrogen) atoms. The van der Waals surface area contributed by atoms with Gasteiger partial charge >= 0.3 is 4.87 Å². The molecule has 3 rings (SSSR count). The van der Waals surface area contributed by atoms with Crippen LogP contribution in [-0.4, -0.2) is 17.1 Å². The standard InChI is InChI=1S/C20H21BrN2O3S/c1-4-13-5-8-17(15(21)9-13)26-11-19(24)22-14-6-7-16-18(10-14)27-20(25)23(16)12(2)3/h5-10,12H,4,11H2,1-3H3,(H,22,24). The predicted octanol–water partition coefficient (Wildman–Crippen LogP) is 4.99. The van der Waals surface area contributed by atoms with Gasteiger partial charge in [-0.2, -0.15) is 0 Å². The molecule has 142 valence electrons. The quantitative estimate of drug-likeness (QED) is 0.577. The number of nitrogens with zero attached hydrogens (tertiary/aromatic N) is 1. The third-order valence-corrected chi connectivity index (χ3v) is 5.71. The number of carbonyl (C=O) groups is 1. The number of thiazole rings is 1. The number of benzene rings is 2. The Morgan fingerprint density at radius 1 is 1.26 bits per heavy atom. The van der Waals surface area contributed by atoms with Crippen LogP contribution >= 0.6 is 27.3 Å². The van der Waals surface area contributed by atoms with Crippen LogP contribution in [0.1, 0.15) is 32.4 Å². The monoisotopic (exact) mass is 448 g/mol. The number of aromatic nitrogens is 1. The van der Waals surface area contributed by atoms with Crippen LogP contribution in [0.3, 0.4) is 0 Å². The summed E-state index contributed by atoms with van der Waals surface area (Å²) in [6, 6.07) is 11.4. The molecule has 0 aliphatic carbocycles. The summed E-state index contributed by atoms with van der Waals surface area (Å²) in [4.78, 5) is 24.3. The highest BCUT2D eigenvalue weighted by Gasteiger charge is 2.12. The Bertz CT molecular complexity index is 1040. The van der Waals surface area contributed by atoms with E-state index < -0.39 is 0 Å². The van der Waals surface area contributed by atoms with Gasteiger partial charge in [0, 0.05) is 11.7 Å². The molecule has 0 aliphatic rings. The highest BCUT2D eigenvalue weighted by molar-refractivity contribution is 9.10. The van der Waals surface area contributed by atoms with Crippen LogP contribution in [0.25, 0.3) is 10.2 Å². The number of aryl methyl sites for hydroxylation is 1. The van der Waals surface area contributed by atoms with Crippen LogP contribution in [0.5, 0.6) is 5.75 Å². The lowest BCUT2D eigenvalue weighted by Gasteiger charge is -2.10. The van der Waals surface area contributed by atoms with Gasteiger partial charge in [0.15, 0.2) is 6.61 Å². The van der Waals surface area contributed by atoms with Crippen molar-refractivity contribution in [1.82, 2.24) is 4.57 Å². The second-order valence-corrected chi connectivity index (χ2v) is 8.32. The van der Waals surface area contributed by atoms with Crippen molar-refractivity contribution in [3.63, 3.8) is 0 Å². The van der Waals surface area contributed by atoms with E-state index in [4.69, 9.17) is 4.74 Å². The molecule has 3 aromatic rings. The highest BCUT2D eigenvalue weighted by Crippen LogP contribution is 2.27. The summed E-state index contributed by atoms with van der Waals surface area (Å²) in [6.07, 6.45) is 0.937. The summed E-state index contributed by atoms with van der Waals surface area (Å²) < 4.78 is 9.04. The molecular weight excluding hydrogens is 428 g/mol. The number of anilines is 1. The molecule has 1 N–H and O–H groups in total. The van der Waals surface area contributed by atoms with Crippen molar-refractivity contribution in [2.75, 3.05) is 11.9 Å². The predicted molar refractivity (Wildman–Crippen MR) is 114 cm³/mol. The van der Waals surface area contributed by atoms with E-state index in [1.54, 1.807) is 10.6 Å². The summed E-state index contributed by atoms with van der Waals surface area (Å²) in [6.45, 7) is 5.95. The van der Waals surface area contributed by atoms with Crippen molar-refractivity contribution in [3.8, 4) is 5.75 Å². The fraction of sp³-hybridized carbons (Fsp3) is 0.300. The van der Waals surface area contributed by atoms with Crippen molar-refractivity contribution in [1.29, 1.82) is 0 Å². The minimum absolute atomic E-state index is 0.00665. The summed E-state index contributed by atoms with van der Waals surface area (Å²) in [5, 5.41) is 2.82. The first-order chi connectivity index (χ1) is 12.9. The maximum Gasteiger partial charge on any atom is 0.308 e. The average molecular weight is 449 g/mol. The van der Waals surface area contributed by atoms with Crippen molar-refractivity contribution in [3.05, 3.63) is 56.1 Å². The molecule has 0 fully saturated rings. The summed E-state index contributed by atoms with van der Waals surface area (Å²) >= 11 is 4.65. The maximum atomic E-state index is 12.2. The third kappa shape index (κ3) is 4.42. The van der Waals surface area contributed by atoms with Gasteiger partial charge in [-0.1, -0.05) is 24.3 Å². The lowest BCUT2D eigenvalue weighted by Crippen LogP contribution is -2.20. The first-order valence-corrected chi connectivity index (χ1v) is 10.4. The first-order valence-electron chi connectivity index (χ1n) is 8.75. The minimum atomic E-state index is -0.253. The second-order valence-electron chi connectivity index (χ2n) is 6.47. The van der Waals surface area contributed by atoms with Gasteiger partial charge in [0.05, 0.1) is 14.7 Å². The second kappa shape index (κ2) is 8.27. The molecule has 0 aliphatic heterocycles. The number of halogens is 1. The van der Waals surface area contributed by atoms with Crippen LogP contribution in [0.4, 0.5) is 5.69 Å². The molecule has 5 nitrogen and oxygen atoms in total. The number of fused-ring (bicyclic) bond motifs is 1. The van der Waals surface area contributed by atoms with E-state index in [1.807, 2.05) is 44.2 Å². The Kier molecular flexibility index (Phi) is 6.01. The van der Waals surface area contributed by atoms with E-state index in [-0.39, 0.29) is 23.4 Å². The summed E-state index contributed by atoms with van der Waals surface area (Å²) in [5.41, 5.74) is 2.72. The minimum Gasteiger partial charge on any atom is -0.483 e. The molecule has 0 bridgehead atoms. The van der Waals surface area contributed by atoms with Crippen molar-refractivity contribution >= 4 is 49.1 Å². The fourth-order valence-corrected chi connectivity index (χ4v) is 4.42. The molecule has 0 unspecified atom stereocenters. The number of amides is 1. The molecule has 2 aromatic carbocycles. The van der Waals surface area contributed by atoms with Crippen LogP contribution in [0.15, 0.2) is 45.7 Å². The zero-order valence-corrected chi connectivity index (χ0v) is 17.8. The first kappa shape index (κ1) is 19.6. The summed E-state index contributed by atoms with van der Waals surface area (Å²) in [7, 11) is 0. The molecule has 0 saturated heterocycles. The third-order valence-electron chi connectivity index (χ3n) is 4.18. The Hall–Kier alpha value is -2.12. The van der Waals surface area contributed by atoms with E-state index in [2.05, 4.69) is 28.2 Å². The highest BCUT2D eigenvalue weighted by atomic mass is 79.9. The van der Waals surface area contributed by atoms with Crippen LogP contribution < -0.4 is 14.9 Å². The Balaban J connectivity index is 1.68. The molecule has 1 heterocycles. The van der Waals surface area contributed by atoms with E-state index in [0.717, 1.165) is 21.1 Å². The van der Waals surface area contributed by atoms with Crippen molar-refractivity contribution in [2.24, 2.45) is 0 Å². The zero-order chi connectivity index (χ0) is 19.6. The van der Waals surface area contributed by atoms with Crippen LogP contribution in [0, 0.1) is 0 Å². The molecule has 0 saturated carbocycles. The number of hydrogen-bond donors (Lipinski definition) is 1. The van der Waals surface area contributed by atoms with Gasteiger partial charge in [-0.3, -0.25) is 14.2 Å². The van der Waals surface area contributed by atoms with Gasteiger partial charge in [-0.25, -0.2) is 0 Å². The van der Waals surface area contributed by atoms with Gasteiger partial charge in [0.2, 0.25) is 0 Å². The van der Waals surface area contributed by atoms with Gasteiger partial charge in [-0.05, 0) is 72.1 Å². The van der Waals surface area contributed by atoms with E-state index in [0.29, 0.717) is 11.4 Å². The number of ether oxygens (including phenoxy) is 1. The fourth-order valence-electron chi connectivity index (χ4n) is 2.82. The average Bonchev–Trinajstić information content (AvgIpc) is 2.95. The largest absolute Gasteiger partial charge is 0.483 e. The normalized spacial score (nSPS) is 11.1. The van der Waals surface area contributed by atoms with Crippen molar-refractivity contribution < 1.29 is 9.53 Å². The number of rotatable bonds is 6. The zero-order valence-electron chi connectivity index (χ0n) is 15.4. The number of carbonyl (C=O) groups excluding carboxylic acids is 1. The molecule has 7 heteroatoms. The SMILES string of the molecule is CCc1ccc(OCC(=O)Nc2ccc3c(c2)sc(=O)n3C(C)C)c(Br)c1. The molecule has 1 aromatic heterocycles. The van der Waals surface area contributed by atoms with E-state index >= 15 is 0 Å². The molecule has 0 spiro atoms. The molecular formula is C20H21BrN2O3S. The summed E-state index contributed by atoms with van der Waals surface area (Å²) in [5.74, 6) is 0.376. The topological polar surface area (TPSA) is 60.3 Å². The van der Waals surface area contributed by atoms with Crippen LogP contribution in [-0.2, 0) is 11.2 Å². The smallest absolute Gasteiger partial charge is 0.308 e. The Morgan fingerprint density at radius 3 is 2.70 bits per heavy atom. The van der Waals surface area contributed by atoms with Gasteiger partial charge in [0.1, 0.15) is 5.75 Å². The van der Waals surface area contributed by atoms with E-state index in [1.165, 1.54) is 16.9 Å². The van der Waals surface area contributed by atoms with Crippen LogP contribution in [0.2, 0.25) is 0 Å². The number of nitrogens with one attached hydrogen (secondary N) is 1. The Morgan fingerprint density at radius 2 is 2.04 bits per heavy atom. The Labute approximate surface area is 170 Å². The van der Waals surface area contributed by atoms with Gasteiger partial charge in [-0.15, -0.1) is 0 Å². The number of hydrogen-bond acceptors (Lipinski definition) is 4. The molecule has 0 atom stereocenters. The van der Waals surface area contributed by atoms with E-state index in [9.17, 15) is 9.59 Å². The lowest BCUT2D eigenvalue weighted by molar-refractivity contribution is -0.118.